The van der Waals surface area contributed by atoms with Crippen LogP contribution < -0.4 is 10.6 Å². The number of benzene rings is 1. The minimum absolute atomic E-state index is 0.588. The largest absolute Gasteiger partial charge is 0.467 e. The monoisotopic (exact) mass is 276 g/mol. The van der Waals surface area contributed by atoms with Crippen molar-refractivity contribution in [3.05, 3.63) is 54.0 Å². The van der Waals surface area contributed by atoms with Crippen molar-refractivity contribution >= 4 is 23.0 Å². The SMILES string of the molecule is CC.Cc1ccc(NC(=S)NCc2ccco2)cc1. The van der Waals surface area contributed by atoms with Gasteiger partial charge in [0, 0.05) is 5.69 Å². The third-order valence-electron chi connectivity index (χ3n) is 2.31. The standard InChI is InChI=1S/C13H14N2OS.C2H6/c1-10-4-6-11(7-5-10)15-13(17)14-9-12-3-2-8-16-12;1-2/h2-8H,9H2,1H3,(H2,14,15,17);1-2H3. The van der Waals surface area contributed by atoms with Crippen LogP contribution in [0, 0.1) is 6.92 Å². The van der Waals surface area contributed by atoms with E-state index in [0.717, 1.165) is 11.4 Å². The first kappa shape index (κ1) is 15.2. The predicted molar refractivity (Wildman–Crippen MR) is 84.3 cm³/mol. The average molecular weight is 276 g/mol. The number of anilines is 1. The summed E-state index contributed by atoms with van der Waals surface area (Å²) in [4.78, 5) is 0. The van der Waals surface area contributed by atoms with Gasteiger partial charge in [0.15, 0.2) is 5.11 Å². The maximum Gasteiger partial charge on any atom is 0.171 e. The lowest BCUT2D eigenvalue weighted by Gasteiger charge is -2.09. The first-order chi connectivity index (χ1) is 9.24. The molecule has 0 unspecified atom stereocenters. The third-order valence-corrected chi connectivity index (χ3v) is 2.56. The van der Waals surface area contributed by atoms with E-state index in [1.165, 1.54) is 5.56 Å². The molecule has 2 aromatic rings. The molecule has 1 heterocycles. The molecule has 0 radical (unpaired) electrons. The lowest BCUT2D eigenvalue weighted by atomic mass is 10.2. The van der Waals surface area contributed by atoms with Gasteiger partial charge < -0.3 is 15.1 Å². The van der Waals surface area contributed by atoms with Crippen LogP contribution in [0.1, 0.15) is 25.2 Å². The van der Waals surface area contributed by atoms with Crippen LogP contribution in [-0.2, 0) is 6.54 Å². The minimum Gasteiger partial charge on any atom is -0.467 e. The van der Waals surface area contributed by atoms with Gasteiger partial charge in [-0.15, -0.1) is 0 Å². The molecule has 4 heteroatoms. The zero-order valence-electron chi connectivity index (χ0n) is 11.6. The Labute approximate surface area is 120 Å². The second kappa shape index (κ2) is 8.32. The molecule has 102 valence electrons. The second-order valence-corrected chi connectivity index (χ2v) is 4.16. The maximum absolute atomic E-state index is 5.20. The Kier molecular flexibility index (Phi) is 6.68. The third kappa shape index (κ3) is 5.57. The van der Waals surface area contributed by atoms with Crippen molar-refractivity contribution in [3.8, 4) is 0 Å². The van der Waals surface area contributed by atoms with Crippen LogP contribution in [-0.4, -0.2) is 5.11 Å². The summed E-state index contributed by atoms with van der Waals surface area (Å²) in [7, 11) is 0. The fraction of sp³-hybridized carbons (Fsp3) is 0.267. The molecule has 1 aromatic heterocycles. The quantitative estimate of drug-likeness (QED) is 0.828. The van der Waals surface area contributed by atoms with Gasteiger partial charge in [-0.25, -0.2) is 0 Å². The molecule has 2 N–H and O–H groups in total. The maximum atomic E-state index is 5.20. The van der Waals surface area contributed by atoms with Crippen LogP contribution in [0.4, 0.5) is 5.69 Å². The highest BCUT2D eigenvalue weighted by Gasteiger charge is 1.99. The lowest BCUT2D eigenvalue weighted by Crippen LogP contribution is -2.27. The summed E-state index contributed by atoms with van der Waals surface area (Å²) in [5.74, 6) is 0.859. The van der Waals surface area contributed by atoms with E-state index < -0.39 is 0 Å². The molecule has 2 rings (SSSR count). The number of rotatable bonds is 3. The van der Waals surface area contributed by atoms with Crippen molar-refractivity contribution in [3.63, 3.8) is 0 Å². The molecular weight excluding hydrogens is 256 g/mol. The Morgan fingerprint density at radius 1 is 1.16 bits per heavy atom. The molecule has 1 aromatic carbocycles. The zero-order chi connectivity index (χ0) is 14.1. The highest BCUT2D eigenvalue weighted by Crippen LogP contribution is 2.08. The van der Waals surface area contributed by atoms with Crippen molar-refractivity contribution in [2.75, 3.05) is 5.32 Å². The van der Waals surface area contributed by atoms with Crippen molar-refractivity contribution in [2.24, 2.45) is 0 Å². The number of hydrogen-bond acceptors (Lipinski definition) is 2. The molecule has 0 spiro atoms. The molecule has 0 saturated carbocycles. The molecule has 0 amide bonds. The highest BCUT2D eigenvalue weighted by atomic mass is 32.1. The molecule has 0 aliphatic heterocycles. The first-order valence-electron chi connectivity index (χ1n) is 6.38. The van der Waals surface area contributed by atoms with Crippen LogP contribution in [0.5, 0.6) is 0 Å². The Morgan fingerprint density at radius 3 is 2.42 bits per heavy atom. The van der Waals surface area contributed by atoms with E-state index in [2.05, 4.69) is 17.6 Å². The van der Waals surface area contributed by atoms with E-state index in [9.17, 15) is 0 Å². The number of thiocarbonyl (C=S) groups is 1. The Morgan fingerprint density at radius 2 is 1.84 bits per heavy atom. The van der Waals surface area contributed by atoms with Gasteiger partial charge >= 0.3 is 0 Å². The molecule has 3 nitrogen and oxygen atoms in total. The number of nitrogens with one attached hydrogen (secondary N) is 2. The van der Waals surface area contributed by atoms with Gasteiger partial charge in [0.2, 0.25) is 0 Å². The molecule has 0 saturated heterocycles. The summed E-state index contributed by atoms with van der Waals surface area (Å²) in [5.41, 5.74) is 2.21. The fourth-order valence-electron chi connectivity index (χ4n) is 1.39. The Bertz CT molecular complexity index is 477. The fourth-order valence-corrected chi connectivity index (χ4v) is 1.58. The van der Waals surface area contributed by atoms with Gasteiger partial charge in [-0.3, -0.25) is 0 Å². The van der Waals surface area contributed by atoms with Crippen molar-refractivity contribution < 1.29 is 4.42 Å². The minimum atomic E-state index is 0.588. The summed E-state index contributed by atoms with van der Waals surface area (Å²) >= 11 is 5.18. The van der Waals surface area contributed by atoms with Gasteiger partial charge in [0.1, 0.15) is 5.76 Å². The topological polar surface area (TPSA) is 37.2 Å². The van der Waals surface area contributed by atoms with Crippen molar-refractivity contribution in [1.29, 1.82) is 0 Å². The van der Waals surface area contributed by atoms with E-state index in [4.69, 9.17) is 16.6 Å². The van der Waals surface area contributed by atoms with Crippen LogP contribution in [0.2, 0.25) is 0 Å². The van der Waals surface area contributed by atoms with E-state index >= 15 is 0 Å². The molecular formula is C15H20N2OS. The predicted octanol–water partition coefficient (Wildman–Crippen LogP) is 4.10. The molecule has 0 atom stereocenters. The summed E-state index contributed by atoms with van der Waals surface area (Å²) < 4.78 is 5.20. The Hall–Kier alpha value is -1.81. The van der Waals surface area contributed by atoms with Crippen LogP contribution in [0.3, 0.4) is 0 Å². The zero-order valence-corrected chi connectivity index (χ0v) is 12.4. The molecule has 0 fully saturated rings. The van der Waals surface area contributed by atoms with E-state index in [1.54, 1.807) is 6.26 Å². The summed E-state index contributed by atoms with van der Waals surface area (Å²) in [6.45, 7) is 6.64. The number of furan rings is 1. The van der Waals surface area contributed by atoms with Crippen molar-refractivity contribution in [1.82, 2.24) is 5.32 Å². The Balaban J connectivity index is 0.000000861. The summed E-state index contributed by atoms with van der Waals surface area (Å²) in [5, 5.41) is 6.77. The number of aryl methyl sites for hydroxylation is 1. The lowest BCUT2D eigenvalue weighted by molar-refractivity contribution is 0.503. The molecule has 0 aliphatic carbocycles. The van der Waals surface area contributed by atoms with E-state index in [-0.39, 0.29) is 0 Å². The van der Waals surface area contributed by atoms with Gasteiger partial charge in [-0.1, -0.05) is 31.5 Å². The van der Waals surface area contributed by atoms with E-state index in [0.29, 0.717) is 11.7 Å². The van der Waals surface area contributed by atoms with Gasteiger partial charge in [0.25, 0.3) is 0 Å². The van der Waals surface area contributed by atoms with Gasteiger partial charge in [-0.05, 0) is 43.4 Å². The van der Waals surface area contributed by atoms with Crippen LogP contribution in [0.25, 0.3) is 0 Å². The van der Waals surface area contributed by atoms with Gasteiger partial charge in [-0.2, -0.15) is 0 Å². The first-order valence-corrected chi connectivity index (χ1v) is 6.79. The van der Waals surface area contributed by atoms with Crippen LogP contribution >= 0.6 is 12.2 Å². The van der Waals surface area contributed by atoms with E-state index in [1.807, 2.05) is 50.2 Å². The smallest absolute Gasteiger partial charge is 0.171 e. The molecule has 0 aliphatic rings. The molecule has 0 bridgehead atoms. The number of hydrogen-bond donors (Lipinski definition) is 2. The highest BCUT2D eigenvalue weighted by molar-refractivity contribution is 7.80. The second-order valence-electron chi connectivity index (χ2n) is 3.75. The van der Waals surface area contributed by atoms with Crippen molar-refractivity contribution in [2.45, 2.75) is 27.3 Å². The summed E-state index contributed by atoms with van der Waals surface area (Å²) in [6, 6.07) is 11.8. The molecule has 19 heavy (non-hydrogen) atoms. The van der Waals surface area contributed by atoms with Gasteiger partial charge in [0.05, 0.1) is 12.8 Å². The normalized spacial score (nSPS) is 9.21. The average Bonchev–Trinajstić information content (AvgIpc) is 2.95. The van der Waals surface area contributed by atoms with Crippen LogP contribution in [0.15, 0.2) is 47.1 Å². The summed E-state index contributed by atoms with van der Waals surface area (Å²) in [6.07, 6.45) is 1.65.